The Morgan fingerprint density at radius 3 is 2.65 bits per heavy atom. The summed E-state index contributed by atoms with van der Waals surface area (Å²) < 4.78 is 7.41. The second-order valence-corrected chi connectivity index (χ2v) is 9.46. The van der Waals surface area contributed by atoms with E-state index in [0.717, 1.165) is 10.9 Å². The maximum atomic E-state index is 13.1. The number of ether oxygens (including phenoxy) is 1. The number of benzene rings is 1. The van der Waals surface area contributed by atoms with Crippen LogP contribution in [0.5, 0.6) is 0 Å². The molecular weight excluding hydrogens is 396 g/mol. The molecule has 0 radical (unpaired) electrons. The van der Waals surface area contributed by atoms with E-state index in [1.54, 1.807) is 4.90 Å². The van der Waals surface area contributed by atoms with E-state index >= 15 is 0 Å². The SMILES string of the molecule is CC(C)n1nc(C(=O)N[C@H]2C[C@@H](CCCO)N(C(=O)OC(C)(C)C)C2)c2ccccc21. The third kappa shape index (κ3) is 5.36. The van der Waals surface area contributed by atoms with Gasteiger partial charge in [-0.05, 0) is 59.9 Å². The van der Waals surface area contributed by atoms with Gasteiger partial charge in [0.15, 0.2) is 5.69 Å². The third-order valence-corrected chi connectivity index (χ3v) is 5.39. The number of likely N-dealkylation sites (tertiary alicyclic amines) is 1. The van der Waals surface area contributed by atoms with E-state index in [4.69, 9.17) is 4.74 Å². The van der Waals surface area contributed by atoms with Crippen LogP contribution in [0.2, 0.25) is 0 Å². The summed E-state index contributed by atoms with van der Waals surface area (Å²) in [5.41, 5.74) is 0.722. The molecule has 2 N–H and O–H groups in total. The summed E-state index contributed by atoms with van der Waals surface area (Å²) in [5, 5.41) is 17.7. The number of hydrogen-bond acceptors (Lipinski definition) is 5. The summed E-state index contributed by atoms with van der Waals surface area (Å²) in [6, 6.07) is 7.54. The molecule has 8 heteroatoms. The zero-order valence-corrected chi connectivity index (χ0v) is 19.1. The molecule has 1 fully saturated rings. The number of aliphatic hydroxyl groups excluding tert-OH is 1. The first kappa shape index (κ1) is 23.1. The van der Waals surface area contributed by atoms with Gasteiger partial charge in [0, 0.05) is 36.7 Å². The quantitative estimate of drug-likeness (QED) is 0.731. The predicted octanol–water partition coefficient (Wildman–Crippen LogP) is 3.50. The van der Waals surface area contributed by atoms with Gasteiger partial charge >= 0.3 is 6.09 Å². The Labute approximate surface area is 183 Å². The first-order chi connectivity index (χ1) is 14.6. The normalized spacial score (nSPS) is 19.3. The summed E-state index contributed by atoms with van der Waals surface area (Å²) in [7, 11) is 0. The largest absolute Gasteiger partial charge is 0.444 e. The van der Waals surface area contributed by atoms with E-state index < -0.39 is 5.60 Å². The number of amides is 2. The molecule has 1 aromatic heterocycles. The average molecular weight is 431 g/mol. The molecule has 170 valence electrons. The fourth-order valence-corrected chi connectivity index (χ4v) is 4.07. The summed E-state index contributed by atoms with van der Waals surface area (Å²) in [4.78, 5) is 27.5. The highest BCUT2D eigenvalue weighted by Gasteiger charge is 2.38. The van der Waals surface area contributed by atoms with Crippen LogP contribution >= 0.6 is 0 Å². The summed E-state index contributed by atoms with van der Waals surface area (Å²) in [6.07, 6.45) is 1.48. The number of carbonyl (C=O) groups excluding carboxylic acids is 2. The van der Waals surface area contributed by atoms with Crippen LogP contribution in [0.4, 0.5) is 4.79 Å². The smallest absolute Gasteiger partial charge is 0.410 e. The van der Waals surface area contributed by atoms with Crippen LogP contribution in [0.1, 0.15) is 70.4 Å². The Kier molecular flexibility index (Phi) is 6.89. The zero-order chi connectivity index (χ0) is 22.8. The van der Waals surface area contributed by atoms with Crippen LogP contribution in [0.25, 0.3) is 10.9 Å². The van der Waals surface area contributed by atoms with E-state index in [2.05, 4.69) is 10.4 Å². The van der Waals surface area contributed by atoms with Gasteiger partial charge in [-0.3, -0.25) is 9.48 Å². The van der Waals surface area contributed by atoms with Crippen molar-refractivity contribution in [2.24, 2.45) is 0 Å². The minimum absolute atomic E-state index is 0.0638. The number of nitrogens with zero attached hydrogens (tertiary/aromatic N) is 3. The fourth-order valence-electron chi connectivity index (χ4n) is 4.07. The van der Waals surface area contributed by atoms with E-state index in [0.29, 0.717) is 31.5 Å². The van der Waals surface area contributed by atoms with Crippen LogP contribution < -0.4 is 5.32 Å². The van der Waals surface area contributed by atoms with Gasteiger partial charge in [0.05, 0.1) is 5.52 Å². The van der Waals surface area contributed by atoms with Crippen molar-refractivity contribution in [1.82, 2.24) is 20.0 Å². The monoisotopic (exact) mass is 430 g/mol. The predicted molar refractivity (Wildman–Crippen MR) is 119 cm³/mol. The van der Waals surface area contributed by atoms with Gasteiger partial charge in [-0.25, -0.2) is 4.79 Å². The van der Waals surface area contributed by atoms with Crippen molar-refractivity contribution in [2.75, 3.05) is 13.2 Å². The maximum Gasteiger partial charge on any atom is 0.410 e. The lowest BCUT2D eigenvalue weighted by atomic mass is 10.1. The van der Waals surface area contributed by atoms with Crippen molar-refractivity contribution >= 4 is 22.9 Å². The van der Waals surface area contributed by atoms with Crippen molar-refractivity contribution < 1.29 is 19.4 Å². The van der Waals surface area contributed by atoms with Crippen LogP contribution in [0.3, 0.4) is 0 Å². The molecule has 1 aliphatic rings. The molecule has 0 saturated carbocycles. The Morgan fingerprint density at radius 1 is 1.29 bits per heavy atom. The van der Waals surface area contributed by atoms with Crippen molar-refractivity contribution in [3.8, 4) is 0 Å². The molecule has 0 spiro atoms. The van der Waals surface area contributed by atoms with Gasteiger partial charge in [0.2, 0.25) is 0 Å². The molecule has 8 nitrogen and oxygen atoms in total. The number of hydrogen-bond donors (Lipinski definition) is 2. The minimum Gasteiger partial charge on any atom is -0.444 e. The fraction of sp³-hybridized carbons (Fsp3) is 0.609. The summed E-state index contributed by atoms with van der Waals surface area (Å²) in [5.74, 6) is -0.243. The van der Waals surface area contributed by atoms with Gasteiger partial charge in [0.25, 0.3) is 5.91 Å². The van der Waals surface area contributed by atoms with Gasteiger partial charge in [-0.15, -0.1) is 0 Å². The molecule has 2 aromatic rings. The lowest BCUT2D eigenvalue weighted by Crippen LogP contribution is -2.42. The summed E-state index contributed by atoms with van der Waals surface area (Å²) >= 11 is 0. The molecule has 1 aromatic carbocycles. The highest BCUT2D eigenvalue weighted by molar-refractivity contribution is 6.05. The highest BCUT2D eigenvalue weighted by atomic mass is 16.6. The van der Waals surface area contributed by atoms with Crippen LogP contribution in [-0.4, -0.2) is 62.6 Å². The van der Waals surface area contributed by atoms with Gasteiger partial charge in [0.1, 0.15) is 5.60 Å². The number of carbonyl (C=O) groups is 2. The van der Waals surface area contributed by atoms with E-state index in [1.165, 1.54) is 0 Å². The maximum absolute atomic E-state index is 13.1. The van der Waals surface area contributed by atoms with Gasteiger partial charge in [-0.2, -0.15) is 5.10 Å². The average Bonchev–Trinajstić information content (AvgIpc) is 3.26. The number of fused-ring (bicyclic) bond motifs is 1. The van der Waals surface area contributed by atoms with Crippen molar-refractivity contribution in [3.63, 3.8) is 0 Å². The Bertz CT molecular complexity index is 931. The van der Waals surface area contributed by atoms with E-state index in [1.807, 2.05) is 63.6 Å². The first-order valence-corrected chi connectivity index (χ1v) is 11.0. The number of aromatic nitrogens is 2. The molecule has 0 unspecified atom stereocenters. The summed E-state index contributed by atoms with van der Waals surface area (Å²) in [6.45, 7) is 10.00. The molecule has 0 bridgehead atoms. The van der Waals surface area contributed by atoms with Crippen LogP contribution in [0.15, 0.2) is 24.3 Å². The van der Waals surface area contributed by atoms with Crippen molar-refractivity contribution in [3.05, 3.63) is 30.0 Å². The lowest BCUT2D eigenvalue weighted by Gasteiger charge is -2.28. The molecule has 2 heterocycles. The van der Waals surface area contributed by atoms with Gasteiger partial charge < -0.3 is 20.1 Å². The molecule has 1 aliphatic heterocycles. The molecule has 2 atom stereocenters. The molecule has 31 heavy (non-hydrogen) atoms. The Morgan fingerprint density at radius 2 is 2.00 bits per heavy atom. The molecule has 1 saturated heterocycles. The van der Waals surface area contributed by atoms with Crippen LogP contribution in [0, 0.1) is 0 Å². The second-order valence-electron chi connectivity index (χ2n) is 9.46. The number of rotatable bonds is 6. The van der Waals surface area contributed by atoms with E-state index in [9.17, 15) is 14.7 Å². The topological polar surface area (TPSA) is 96.7 Å². The highest BCUT2D eigenvalue weighted by Crippen LogP contribution is 2.26. The zero-order valence-electron chi connectivity index (χ0n) is 19.1. The Balaban J connectivity index is 1.77. The first-order valence-electron chi connectivity index (χ1n) is 11.0. The Hall–Kier alpha value is -2.61. The molecule has 2 amide bonds. The number of para-hydroxylation sites is 1. The number of nitrogens with one attached hydrogen (secondary N) is 1. The standard InChI is InChI=1S/C23H34N4O4/c1-15(2)27-19-11-7-6-10-18(19)20(25-27)21(29)24-16-13-17(9-8-12-28)26(14-16)22(30)31-23(3,4)5/h6-7,10-11,15-17,28H,8-9,12-14H2,1-5H3,(H,24,29)/t16-,17+/m0/s1. The van der Waals surface area contributed by atoms with E-state index in [-0.39, 0.29) is 36.7 Å². The van der Waals surface area contributed by atoms with Gasteiger partial charge in [-0.1, -0.05) is 18.2 Å². The van der Waals surface area contributed by atoms with Crippen molar-refractivity contribution in [2.45, 2.75) is 77.6 Å². The number of aliphatic hydroxyl groups is 1. The molecular formula is C23H34N4O4. The minimum atomic E-state index is -0.595. The second kappa shape index (κ2) is 9.26. The molecule has 3 rings (SSSR count). The molecule has 0 aliphatic carbocycles. The van der Waals surface area contributed by atoms with Crippen LogP contribution in [-0.2, 0) is 4.74 Å². The third-order valence-electron chi connectivity index (χ3n) is 5.39. The lowest BCUT2D eigenvalue weighted by molar-refractivity contribution is 0.0212. The van der Waals surface area contributed by atoms with Crippen molar-refractivity contribution in [1.29, 1.82) is 0 Å².